The fraction of sp³-hybridized carbons (Fsp3) is 0.438. The Balaban J connectivity index is 1.68. The Hall–Kier alpha value is -1.96. The summed E-state index contributed by atoms with van der Waals surface area (Å²) in [5.41, 5.74) is 5.71. The molecule has 3 amide bonds. The van der Waals surface area contributed by atoms with Gasteiger partial charge in [-0.2, -0.15) is 0 Å². The molecule has 2 fully saturated rings. The summed E-state index contributed by atoms with van der Waals surface area (Å²) >= 11 is 5.96. The standard InChI is InChI=1S/C16H19ClN4O3/c17-11-2-1-3-12(8-11)21-15(23)9-13(16(21)24)20-6-4-19(5-7-20)10-14(18)22/h1-3,8,13H,4-7,9-10H2,(H2,18,22). The first-order chi connectivity index (χ1) is 11.5. The summed E-state index contributed by atoms with van der Waals surface area (Å²) < 4.78 is 0. The van der Waals surface area contributed by atoms with Crippen LogP contribution >= 0.6 is 11.6 Å². The van der Waals surface area contributed by atoms with Gasteiger partial charge < -0.3 is 5.73 Å². The number of hydrogen-bond acceptors (Lipinski definition) is 5. The first kappa shape index (κ1) is 16.9. The van der Waals surface area contributed by atoms with Crippen LogP contribution in [0.15, 0.2) is 24.3 Å². The molecular weight excluding hydrogens is 332 g/mol. The number of benzene rings is 1. The van der Waals surface area contributed by atoms with E-state index in [1.165, 1.54) is 4.90 Å². The Kier molecular flexibility index (Phi) is 4.84. The second kappa shape index (κ2) is 6.88. The number of amides is 3. The van der Waals surface area contributed by atoms with Crippen LogP contribution < -0.4 is 10.6 Å². The molecular formula is C16H19ClN4O3. The Morgan fingerprint density at radius 3 is 2.54 bits per heavy atom. The molecule has 2 heterocycles. The zero-order chi connectivity index (χ0) is 17.3. The van der Waals surface area contributed by atoms with Gasteiger partial charge in [-0.15, -0.1) is 0 Å². The number of imide groups is 1. The molecule has 24 heavy (non-hydrogen) atoms. The Morgan fingerprint density at radius 2 is 1.92 bits per heavy atom. The van der Waals surface area contributed by atoms with Crippen LogP contribution in [0.2, 0.25) is 5.02 Å². The van der Waals surface area contributed by atoms with E-state index < -0.39 is 6.04 Å². The predicted octanol–water partition coefficient (Wildman–Crippen LogP) is 0.0748. The topological polar surface area (TPSA) is 87.0 Å². The molecule has 0 radical (unpaired) electrons. The second-order valence-electron chi connectivity index (χ2n) is 6.05. The van der Waals surface area contributed by atoms with Gasteiger partial charge in [-0.25, -0.2) is 4.90 Å². The molecule has 0 saturated carbocycles. The van der Waals surface area contributed by atoms with Crippen molar-refractivity contribution in [2.24, 2.45) is 5.73 Å². The molecule has 2 saturated heterocycles. The van der Waals surface area contributed by atoms with Crippen molar-refractivity contribution in [3.8, 4) is 0 Å². The zero-order valence-corrected chi connectivity index (χ0v) is 13.9. The maximum atomic E-state index is 12.7. The lowest BCUT2D eigenvalue weighted by Crippen LogP contribution is -2.53. The average molecular weight is 351 g/mol. The van der Waals surface area contributed by atoms with Crippen molar-refractivity contribution in [1.82, 2.24) is 9.80 Å². The fourth-order valence-corrected chi connectivity index (χ4v) is 3.43. The van der Waals surface area contributed by atoms with Crippen molar-refractivity contribution in [2.45, 2.75) is 12.5 Å². The number of nitrogens with two attached hydrogens (primary N) is 1. The zero-order valence-electron chi connectivity index (χ0n) is 13.2. The van der Waals surface area contributed by atoms with E-state index in [2.05, 4.69) is 0 Å². The first-order valence-corrected chi connectivity index (χ1v) is 8.20. The van der Waals surface area contributed by atoms with E-state index in [-0.39, 0.29) is 30.7 Å². The molecule has 2 N–H and O–H groups in total. The molecule has 0 bridgehead atoms. The van der Waals surface area contributed by atoms with Crippen LogP contribution in [-0.2, 0) is 14.4 Å². The third-order valence-electron chi connectivity index (χ3n) is 4.42. The first-order valence-electron chi connectivity index (χ1n) is 7.83. The van der Waals surface area contributed by atoms with Gasteiger partial charge in [0.25, 0.3) is 5.91 Å². The number of nitrogens with zero attached hydrogens (tertiary/aromatic N) is 3. The van der Waals surface area contributed by atoms with Gasteiger partial charge in [-0.3, -0.25) is 24.2 Å². The van der Waals surface area contributed by atoms with E-state index in [9.17, 15) is 14.4 Å². The molecule has 128 valence electrons. The van der Waals surface area contributed by atoms with E-state index >= 15 is 0 Å². The molecule has 1 aromatic rings. The molecule has 8 heteroatoms. The van der Waals surface area contributed by atoms with Crippen LogP contribution in [0.1, 0.15) is 6.42 Å². The van der Waals surface area contributed by atoms with Crippen molar-refractivity contribution >= 4 is 35.0 Å². The number of anilines is 1. The second-order valence-corrected chi connectivity index (χ2v) is 6.48. The fourth-order valence-electron chi connectivity index (χ4n) is 3.24. The van der Waals surface area contributed by atoms with Gasteiger partial charge in [0.15, 0.2) is 0 Å². The third-order valence-corrected chi connectivity index (χ3v) is 4.65. The van der Waals surface area contributed by atoms with Crippen LogP contribution in [-0.4, -0.2) is 66.3 Å². The van der Waals surface area contributed by atoms with Gasteiger partial charge in [-0.05, 0) is 18.2 Å². The monoisotopic (exact) mass is 350 g/mol. The van der Waals surface area contributed by atoms with Crippen LogP contribution in [0.3, 0.4) is 0 Å². The lowest BCUT2D eigenvalue weighted by Gasteiger charge is -2.36. The normalized spacial score (nSPS) is 23.0. The summed E-state index contributed by atoms with van der Waals surface area (Å²) in [4.78, 5) is 41.2. The highest BCUT2D eigenvalue weighted by Gasteiger charge is 2.43. The molecule has 3 rings (SSSR count). The maximum Gasteiger partial charge on any atom is 0.251 e. The maximum absolute atomic E-state index is 12.7. The average Bonchev–Trinajstić information content (AvgIpc) is 2.82. The number of hydrogen-bond donors (Lipinski definition) is 1. The molecule has 1 unspecified atom stereocenters. The summed E-state index contributed by atoms with van der Waals surface area (Å²) in [5.74, 6) is -0.792. The third kappa shape index (κ3) is 3.43. The van der Waals surface area contributed by atoms with E-state index in [0.717, 1.165) is 0 Å². The molecule has 2 aliphatic rings. The van der Waals surface area contributed by atoms with E-state index in [1.54, 1.807) is 24.3 Å². The van der Waals surface area contributed by atoms with E-state index in [0.29, 0.717) is 36.9 Å². The lowest BCUT2D eigenvalue weighted by atomic mass is 10.1. The Labute approximate surface area is 144 Å². The van der Waals surface area contributed by atoms with Crippen molar-refractivity contribution < 1.29 is 14.4 Å². The summed E-state index contributed by atoms with van der Waals surface area (Å²) in [5, 5.41) is 0.483. The van der Waals surface area contributed by atoms with Gasteiger partial charge >= 0.3 is 0 Å². The summed E-state index contributed by atoms with van der Waals surface area (Å²) in [6.45, 7) is 2.77. The van der Waals surface area contributed by atoms with Gasteiger partial charge in [0.1, 0.15) is 0 Å². The Bertz CT molecular complexity index is 673. The molecule has 0 spiro atoms. The minimum absolute atomic E-state index is 0.168. The minimum Gasteiger partial charge on any atom is -0.369 e. The van der Waals surface area contributed by atoms with E-state index in [4.69, 9.17) is 17.3 Å². The number of rotatable bonds is 4. The van der Waals surface area contributed by atoms with Crippen molar-refractivity contribution in [3.05, 3.63) is 29.3 Å². The van der Waals surface area contributed by atoms with E-state index in [1.807, 2.05) is 9.80 Å². The summed E-state index contributed by atoms with van der Waals surface area (Å²) in [7, 11) is 0. The lowest BCUT2D eigenvalue weighted by molar-refractivity contribution is -0.124. The Morgan fingerprint density at radius 1 is 1.21 bits per heavy atom. The number of primary amides is 1. The molecule has 0 aromatic heterocycles. The SMILES string of the molecule is NC(=O)CN1CCN(C2CC(=O)N(c3cccc(Cl)c3)C2=O)CC1. The highest BCUT2D eigenvalue weighted by molar-refractivity contribution is 6.31. The minimum atomic E-state index is -0.452. The van der Waals surface area contributed by atoms with Crippen LogP contribution in [0.25, 0.3) is 0 Å². The quantitative estimate of drug-likeness (QED) is 0.777. The highest BCUT2D eigenvalue weighted by Crippen LogP contribution is 2.28. The van der Waals surface area contributed by atoms with Gasteiger partial charge in [0.05, 0.1) is 24.7 Å². The summed E-state index contributed by atoms with van der Waals surface area (Å²) in [6, 6.07) is 6.28. The number of halogens is 1. The van der Waals surface area contributed by atoms with Crippen LogP contribution in [0.4, 0.5) is 5.69 Å². The van der Waals surface area contributed by atoms with Crippen molar-refractivity contribution in [3.63, 3.8) is 0 Å². The smallest absolute Gasteiger partial charge is 0.251 e. The number of carbonyl (C=O) groups is 3. The van der Waals surface area contributed by atoms with Crippen LogP contribution in [0, 0.1) is 0 Å². The number of carbonyl (C=O) groups excluding carboxylic acids is 3. The van der Waals surface area contributed by atoms with Crippen molar-refractivity contribution in [1.29, 1.82) is 0 Å². The number of piperazine rings is 1. The highest BCUT2D eigenvalue weighted by atomic mass is 35.5. The molecule has 0 aliphatic carbocycles. The van der Waals surface area contributed by atoms with Gasteiger partial charge in [-0.1, -0.05) is 17.7 Å². The molecule has 1 atom stereocenters. The molecule has 7 nitrogen and oxygen atoms in total. The van der Waals surface area contributed by atoms with Gasteiger partial charge in [0, 0.05) is 31.2 Å². The van der Waals surface area contributed by atoms with Crippen molar-refractivity contribution in [2.75, 3.05) is 37.6 Å². The predicted molar refractivity (Wildman–Crippen MR) is 89.6 cm³/mol. The van der Waals surface area contributed by atoms with Gasteiger partial charge in [0.2, 0.25) is 11.8 Å². The molecule has 2 aliphatic heterocycles. The largest absolute Gasteiger partial charge is 0.369 e. The van der Waals surface area contributed by atoms with Crippen LogP contribution in [0.5, 0.6) is 0 Å². The molecule has 1 aromatic carbocycles. The summed E-state index contributed by atoms with van der Waals surface area (Å²) in [6.07, 6.45) is 0.168.